The molecular weight excluding hydrogens is 392 g/mol. The number of piperidine rings is 2. The summed E-state index contributed by atoms with van der Waals surface area (Å²) in [5.41, 5.74) is 0.750. The van der Waals surface area contributed by atoms with Crippen molar-refractivity contribution in [3.8, 4) is 0 Å². The van der Waals surface area contributed by atoms with Crippen LogP contribution in [-0.4, -0.2) is 106 Å². The molecule has 0 radical (unpaired) electrons. The molecule has 0 bridgehead atoms. The van der Waals surface area contributed by atoms with Crippen LogP contribution in [0, 0.1) is 0 Å². The van der Waals surface area contributed by atoms with E-state index in [9.17, 15) is 4.79 Å². The molecule has 3 fully saturated rings. The number of amides is 1. The number of likely N-dealkylation sites (N-methyl/N-ethyl adjacent to an activating group) is 1. The van der Waals surface area contributed by atoms with Crippen molar-refractivity contribution in [2.45, 2.75) is 44.7 Å². The maximum absolute atomic E-state index is 13.0. The summed E-state index contributed by atoms with van der Waals surface area (Å²) in [4.78, 5) is 31.3. The Hall–Kier alpha value is -2.26. The lowest BCUT2D eigenvalue weighted by molar-refractivity contribution is -0.133. The van der Waals surface area contributed by atoms with Crippen LogP contribution in [-0.2, 0) is 11.3 Å². The molecule has 9 nitrogen and oxygen atoms in total. The maximum Gasteiger partial charge on any atom is 0.244 e. The molecule has 31 heavy (non-hydrogen) atoms. The summed E-state index contributed by atoms with van der Waals surface area (Å²) in [5, 5.41) is 5.44. The predicted octanol–water partition coefficient (Wildman–Crippen LogP) is 1.06. The highest BCUT2D eigenvalue weighted by atomic mass is 16.2. The first-order valence-electron chi connectivity index (χ1n) is 11.8. The van der Waals surface area contributed by atoms with Gasteiger partial charge in [-0.2, -0.15) is 5.10 Å². The molecule has 5 rings (SSSR count). The highest BCUT2D eigenvalue weighted by Gasteiger charge is 2.28. The molecule has 5 heterocycles. The van der Waals surface area contributed by atoms with Gasteiger partial charge in [0.2, 0.25) is 5.91 Å². The minimum absolute atomic E-state index is 0.141. The average molecular weight is 427 g/mol. The number of fused-ring (bicyclic) bond motifs is 1. The third-order valence-electron chi connectivity index (χ3n) is 7.22. The van der Waals surface area contributed by atoms with Crippen LogP contribution >= 0.6 is 0 Å². The van der Waals surface area contributed by atoms with Crippen molar-refractivity contribution in [3.05, 3.63) is 12.5 Å². The number of carbonyl (C=O) groups is 1. The SMILES string of the molecule is CN1CCN(c2ncnc3c2cnn3CC(=O)N2CCC(N3CCCCC3)CC2)CC1. The second kappa shape index (κ2) is 9.08. The van der Waals surface area contributed by atoms with Crippen molar-refractivity contribution >= 4 is 22.8 Å². The predicted molar refractivity (Wildman–Crippen MR) is 120 cm³/mol. The monoisotopic (exact) mass is 426 g/mol. The Balaban J connectivity index is 1.23. The van der Waals surface area contributed by atoms with Gasteiger partial charge in [-0.1, -0.05) is 6.42 Å². The first-order chi connectivity index (χ1) is 15.2. The van der Waals surface area contributed by atoms with Crippen LogP contribution in [0.3, 0.4) is 0 Å². The fourth-order valence-electron chi connectivity index (χ4n) is 5.26. The number of nitrogens with zero attached hydrogens (tertiary/aromatic N) is 8. The van der Waals surface area contributed by atoms with Crippen LogP contribution in [0.2, 0.25) is 0 Å². The van der Waals surface area contributed by atoms with Crippen LogP contribution < -0.4 is 4.90 Å². The quantitative estimate of drug-likeness (QED) is 0.724. The first-order valence-corrected chi connectivity index (χ1v) is 11.8. The molecule has 0 spiro atoms. The van der Waals surface area contributed by atoms with E-state index in [1.54, 1.807) is 11.0 Å². The van der Waals surface area contributed by atoms with Crippen molar-refractivity contribution in [2.24, 2.45) is 0 Å². The van der Waals surface area contributed by atoms with E-state index in [0.717, 1.165) is 69.0 Å². The number of piperazine rings is 1. The highest BCUT2D eigenvalue weighted by molar-refractivity contribution is 5.88. The highest BCUT2D eigenvalue weighted by Crippen LogP contribution is 2.24. The number of carbonyl (C=O) groups excluding carboxylic acids is 1. The van der Waals surface area contributed by atoms with Crippen molar-refractivity contribution in [1.29, 1.82) is 0 Å². The minimum Gasteiger partial charge on any atom is -0.353 e. The molecule has 168 valence electrons. The Bertz CT molecular complexity index is 892. The smallest absolute Gasteiger partial charge is 0.244 e. The molecule has 0 atom stereocenters. The van der Waals surface area contributed by atoms with Gasteiger partial charge in [0, 0.05) is 45.3 Å². The van der Waals surface area contributed by atoms with Crippen molar-refractivity contribution in [2.75, 3.05) is 64.3 Å². The van der Waals surface area contributed by atoms with E-state index in [2.05, 4.69) is 36.8 Å². The zero-order valence-corrected chi connectivity index (χ0v) is 18.6. The van der Waals surface area contributed by atoms with Crippen LogP contribution in [0.25, 0.3) is 11.0 Å². The third kappa shape index (κ3) is 4.39. The fourth-order valence-corrected chi connectivity index (χ4v) is 5.26. The lowest BCUT2D eigenvalue weighted by Gasteiger charge is -2.40. The summed E-state index contributed by atoms with van der Waals surface area (Å²) < 4.78 is 1.75. The van der Waals surface area contributed by atoms with Gasteiger partial charge in [-0.25, -0.2) is 14.6 Å². The van der Waals surface area contributed by atoms with Gasteiger partial charge in [0.15, 0.2) is 5.65 Å². The molecule has 3 aliphatic heterocycles. The number of hydrogen-bond acceptors (Lipinski definition) is 7. The molecule has 0 saturated carbocycles. The van der Waals surface area contributed by atoms with Gasteiger partial charge in [0.1, 0.15) is 18.7 Å². The van der Waals surface area contributed by atoms with Crippen LogP contribution in [0.15, 0.2) is 12.5 Å². The third-order valence-corrected chi connectivity index (χ3v) is 7.22. The number of anilines is 1. The Labute approximate surface area is 184 Å². The van der Waals surface area contributed by atoms with E-state index in [1.165, 1.54) is 32.4 Å². The lowest BCUT2D eigenvalue weighted by Crippen LogP contribution is -2.48. The fraction of sp³-hybridized carbons (Fsp3) is 0.727. The Morgan fingerprint density at radius 1 is 0.968 bits per heavy atom. The summed E-state index contributed by atoms with van der Waals surface area (Å²) in [7, 11) is 2.14. The van der Waals surface area contributed by atoms with Gasteiger partial charge in [-0.15, -0.1) is 0 Å². The number of aromatic nitrogens is 4. The Morgan fingerprint density at radius 3 is 2.45 bits per heavy atom. The summed E-state index contributed by atoms with van der Waals surface area (Å²) in [6.45, 7) is 8.33. The average Bonchev–Trinajstić information content (AvgIpc) is 3.23. The van der Waals surface area contributed by atoms with E-state index >= 15 is 0 Å². The zero-order valence-electron chi connectivity index (χ0n) is 18.6. The van der Waals surface area contributed by atoms with E-state index in [-0.39, 0.29) is 12.5 Å². The summed E-state index contributed by atoms with van der Waals surface area (Å²) >= 11 is 0. The largest absolute Gasteiger partial charge is 0.353 e. The Morgan fingerprint density at radius 2 is 1.71 bits per heavy atom. The van der Waals surface area contributed by atoms with Crippen molar-refractivity contribution in [3.63, 3.8) is 0 Å². The molecular formula is C22H34N8O. The standard InChI is InChI=1S/C22H34N8O/c1-26-11-13-29(14-12-26)21-19-15-25-30(22(19)24-17-23-21)16-20(31)28-9-5-18(6-10-28)27-7-3-2-4-8-27/h15,17-18H,2-14,16H2,1H3. The second-order valence-corrected chi connectivity index (χ2v) is 9.24. The topological polar surface area (TPSA) is 73.6 Å². The van der Waals surface area contributed by atoms with Crippen LogP contribution in [0.5, 0.6) is 0 Å². The maximum atomic E-state index is 13.0. The summed E-state index contributed by atoms with van der Waals surface area (Å²) in [6.07, 6.45) is 9.60. The van der Waals surface area contributed by atoms with Crippen molar-refractivity contribution < 1.29 is 4.79 Å². The normalized spacial score (nSPS) is 22.4. The van der Waals surface area contributed by atoms with Gasteiger partial charge in [0.05, 0.1) is 11.6 Å². The van der Waals surface area contributed by atoms with Crippen LogP contribution in [0.4, 0.5) is 5.82 Å². The van der Waals surface area contributed by atoms with E-state index in [4.69, 9.17) is 0 Å². The molecule has 0 unspecified atom stereocenters. The zero-order chi connectivity index (χ0) is 21.2. The number of likely N-dealkylation sites (tertiary alicyclic amines) is 2. The molecule has 0 aromatic carbocycles. The molecule has 9 heteroatoms. The number of hydrogen-bond donors (Lipinski definition) is 0. The van der Waals surface area contributed by atoms with Gasteiger partial charge in [-0.05, 0) is 45.8 Å². The van der Waals surface area contributed by atoms with E-state index < -0.39 is 0 Å². The van der Waals surface area contributed by atoms with Crippen LogP contribution in [0.1, 0.15) is 32.1 Å². The molecule has 2 aromatic rings. The van der Waals surface area contributed by atoms with Gasteiger partial charge in [-0.3, -0.25) is 4.79 Å². The minimum atomic E-state index is 0.141. The molecule has 3 saturated heterocycles. The summed E-state index contributed by atoms with van der Waals surface area (Å²) in [5.74, 6) is 1.07. The Kier molecular flexibility index (Phi) is 6.04. The lowest BCUT2D eigenvalue weighted by atomic mass is 10.00. The van der Waals surface area contributed by atoms with E-state index in [1.807, 2.05) is 11.1 Å². The summed E-state index contributed by atoms with van der Waals surface area (Å²) in [6, 6.07) is 0.647. The number of rotatable bonds is 4. The van der Waals surface area contributed by atoms with Crippen molar-refractivity contribution in [1.82, 2.24) is 34.4 Å². The molecule has 0 aliphatic carbocycles. The first kappa shape index (κ1) is 20.6. The molecule has 1 amide bonds. The van der Waals surface area contributed by atoms with Gasteiger partial charge >= 0.3 is 0 Å². The molecule has 0 N–H and O–H groups in total. The second-order valence-electron chi connectivity index (χ2n) is 9.24. The van der Waals surface area contributed by atoms with Gasteiger partial charge < -0.3 is 19.6 Å². The molecule has 3 aliphatic rings. The van der Waals surface area contributed by atoms with E-state index in [0.29, 0.717) is 6.04 Å². The molecule has 2 aromatic heterocycles. The van der Waals surface area contributed by atoms with Gasteiger partial charge in [0.25, 0.3) is 0 Å².